The second kappa shape index (κ2) is 5.76. The highest BCUT2D eigenvalue weighted by atomic mass is 14.9. The highest BCUT2D eigenvalue weighted by molar-refractivity contribution is 5.95. The molecule has 68 valence electrons. The van der Waals surface area contributed by atoms with E-state index in [0.29, 0.717) is 0 Å². The fourth-order valence-corrected chi connectivity index (χ4v) is 1.27. The molecular weight excluding hydrogens is 146 g/mol. The first-order valence-electron chi connectivity index (χ1n) is 4.56. The molecule has 0 heterocycles. The molecule has 0 bridgehead atoms. The summed E-state index contributed by atoms with van der Waals surface area (Å²) in [6.07, 6.45) is 6.19. The predicted molar refractivity (Wildman–Crippen MR) is 55.7 cm³/mol. The molecule has 0 aliphatic carbocycles. The van der Waals surface area contributed by atoms with Crippen LogP contribution in [-0.4, -0.2) is 17.3 Å². The molecule has 0 aromatic carbocycles. The Balaban J connectivity index is 4.72. The second-order valence-electron chi connectivity index (χ2n) is 2.85. The zero-order valence-electron chi connectivity index (χ0n) is 8.72. The normalized spacial score (nSPS) is 13.3. The van der Waals surface area contributed by atoms with E-state index in [-0.39, 0.29) is 0 Å². The Labute approximate surface area is 76.1 Å². The van der Waals surface area contributed by atoms with Gasteiger partial charge in [0.05, 0.1) is 0 Å². The lowest BCUT2D eigenvalue weighted by atomic mass is 10.1. The smallest absolute Gasteiger partial charge is 0.183 e. The predicted octanol–water partition coefficient (Wildman–Crippen LogP) is 2.98. The van der Waals surface area contributed by atoms with Crippen molar-refractivity contribution in [2.75, 3.05) is 7.05 Å². The molecular formula is C11H20N+. The van der Waals surface area contributed by atoms with Crippen molar-refractivity contribution in [2.45, 2.75) is 33.6 Å². The summed E-state index contributed by atoms with van der Waals surface area (Å²) in [5, 5.41) is 0. The van der Waals surface area contributed by atoms with Crippen molar-refractivity contribution < 1.29 is 4.58 Å². The third-order valence-corrected chi connectivity index (χ3v) is 1.97. The van der Waals surface area contributed by atoms with Gasteiger partial charge >= 0.3 is 0 Å². The molecule has 0 radical (unpaired) electrons. The minimum Gasteiger partial charge on any atom is -0.205 e. The Hall–Kier alpha value is -0.850. The van der Waals surface area contributed by atoms with Gasteiger partial charge in [-0.15, -0.1) is 0 Å². The van der Waals surface area contributed by atoms with E-state index in [1.807, 2.05) is 13.0 Å². The van der Waals surface area contributed by atoms with E-state index < -0.39 is 0 Å². The quantitative estimate of drug-likeness (QED) is 0.446. The van der Waals surface area contributed by atoms with Crippen LogP contribution < -0.4 is 0 Å². The van der Waals surface area contributed by atoms with Crippen molar-refractivity contribution >= 4 is 5.71 Å². The van der Waals surface area contributed by atoms with E-state index in [1.165, 1.54) is 11.3 Å². The summed E-state index contributed by atoms with van der Waals surface area (Å²) in [6.45, 7) is 10.4. The summed E-state index contributed by atoms with van der Waals surface area (Å²) < 4.78 is 2.14. The maximum absolute atomic E-state index is 4.04. The first kappa shape index (κ1) is 11.2. The van der Waals surface area contributed by atoms with Gasteiger partial charge in [0.2, 0.25) is 0 Å². The van der Waals surface area contributed by atoms with Gasteiger partial charge in [0.15, 0.2) is 11.9 Å². The SMILES string of the molecule is C=C(CC)C(CC)=[N+](C)/C=C\C. The summed E-state index contributed by atoms with van der Waals surface area (Å²) >= 11 is 0. The lowest BCUT2D eigenvalue weighted by molar-refractivity contribution is -0.423. The number of nitrogens with zero attached hydrogens (tertiary/aromatic N) is 1. The largest absolute Gasteiger partial charge is 0.205 e. The Morgan fingerprint density at radius 3 is 2.25 bits per heavy atom. The molecule has 0 atom stereocenters. The van der Waals surface area contributed by atoms with E-state index in [4.69, 9.17) is 0 Å². The molecule has 0 aromatic heterocycles. The topological polar surface area (TPSA) is 3.01 Å². The van der Waals surface area contributed by atoms with Gasteiger partial charge in [-0.1, -0.05) is 20.4 Å². The van der Waals surface area contributed by atoms with Crippen molar-refractivity contribution in [3.05, 3.63) is 24.4 Å². The van der Waals surface area contributed by atoms with Crippen LogP contribution in [0.4, 0.5) is 0 Å². The zero-order chi connectivity index (χ0) is 9.56. The van der Waals surface area contributed by atoms with Crippen LogP contribution in [0.3, 0.4) is 0 Å². The van der Waals surface area contributed by atoms with E-state index in [9.17, 15) is 0 Å². The summed E-state index contributed by atoms with van der Waals surface area (Å²) in [4.78, 5) is 0. The van der Waals surface area contributed by atoms with Gasteiger partial charge in [-0.3, -0.25) is 0 Å². The minimum absolute atomic E-state index is 1.03. The zero-order valence-corrected chi connectivity index (χ0v) is 8.72. The number of hydrogen-bond donors (Lipinski definition) is 0. The molecule has 0 unspecified atom stereocenters. The second-order valence-corrected chi connectivity index (χ2v) is 2.85. The molecule has 0 fully saturated rings. The standard InChI is InChI=1S/C11H20N/c1-6-9-12(5)11(8-3)10(4)7-2/h6,9H,4,7-8H2,1-3,5H3/q+1/b9-6-,12-11?. The van der Waals surface area contributed by atoms with Gasteiger partial charge in [-0.25, -0.2) is 4.58 Å². The van der Waals surface area contributed by atoms with Crippen molar-refractivity contribution in [3.8, 4) is 0 Å². The van der Waals surface area contributed by atoms with Crippen LogP contribution in [0.15, 0.2) is 24.4 Å². The van der Waals surface area contributed by atoms with Crippen LogP contribution in [0.2, 0.25) is 0 Å². The Morgan fingerprint density at radius 2 is 1.92 bits per heavy atom. The van der Waals surface area contributed by atoms with Crippen LogP contribution in [0, 0.1) is 0 Å². The summed E-state index contributed by atoms with van der Waals surface area (Å²) in [5.74, 6) is 0. The number of allylic oxidation sites excluding steroid dienone is 2. The van der Waals surface area contributed by atoms with Crippen molar-refractivity contribution in [2.24, 2.45) is 0 Å². The Kier molecular flexibility index (Phi) is 5.35. The van der Waals surface area contributed by atoms with E-state index in [2.05, 4.69) is 38.2 Å². The van der Waals surface area contributed by atoms with E-state index in [1.54, 1.807) is 0 Å². The molecule has 0 aliphatic rings. The van der Waals surface area contributed by atoms with Crippen molar-refractivity contribution in [1.29, 1.82) is 0 Å². The van der Waals surface area contributed by atoms with Crippen LogP contribution >= 0.6 is 0 Å². The van der Waals surface area contributed by atoms with Crippen LogP contribution in [0.1, 0.15) is 33.6 Å². The Bertz CT molecular complexity index is 209. The molecule has 0 rings (SSSR count). The highest BCUT2D eigenvalue weighted by Gasteiger charge is 2.08. The molecule has 0 saturated heterocycles. The van der Waals surface area contributed by atoms with Gasteiger partial charge in [-0.2, -0.15) is 0 Å². The van der Waals surface area contributed by atoms with Gasteiger partial charge in [0.1, 0.15) is 7.05 Å². The maximum atomic E-state index is 4.04. The molecule has 0 spiro atoms. The summed E-state index contributed by atoms with van der Waals surface area (Å²) in [5.41, 5.74) is 2.56. The molecule has 0 saturated carbocycles. The van der Waals surface area contributed by atoms with Gasteiger partial charge < -0.3 is 0 Å². The Morgan fingerprint density at radius 1 is 1.33 bits per heavy atom. The molecule has 1 nitrogen and oxygen atoms in total. The van der Waals surface area contributed by atoms with Gasteiger partial charge in [0.25, 0.3) is 0 Å². The van der Waals surface area contributed by atoms with Crippen LogP contribution in [0.5, 0.6) is 0 Å². The first-order chi connectivity index (χ1) is 5.67. The minimum atomic E-state index is 1.03. The van der Waals surface area contributed by atoms with Gasteiger partial charge in [-0.05, 0) is 19.4 Å². The van der Waals surface area contributed by atoms with Crippen molar-refractivity contribution in [3.63, 3.8) is 0 Å². The average Bonchev–Trinajstić information content (AvgIpc) is 2.06. The molecule has 0 amide bonds. The fourth-order valence-electron chi connectivity index (χ4n) is 1.27. The monoisotopic (exact) mass is 166 g/mol. The summed E-state index contributed by atoms with van der Waals surface area (Å²) in [6, 6.07) is 0. The molecule has 0 N–H and O–H groups in total. The van der Waals surface area contributed by atoms with Gasteiger partial charge in [0, 0.05) is 12.0 Å². The fraction of sp³-hybridized carbons (Fsp3) is 0.545. The van der Waals surface area contributed by atoms with Crippen LogP contribution in [-0.2, 0) is 0 Å². The molecule has 1 heteroatoms. The lowest BCUT2D eigenvalue weighted by Gasteiger charge is -2.01. The third kappa shape index (κ3) is 3.04. The number of hydrogen-bond acceptors (Lipinski definition) is 0. The lowest BCUT2D eigenvalue weighted by Crippen LogP contribution is -2.13. The van der Waals surface area contributed by atoms with E-state index in [0.717, 1.165) is 12.8 Å². The average molecular weight is 166 g/mol. The highest BCUT2D eigenvalue weighted by Crippen LogP contribution is 2.03. The molecule has 0 aromatic rings. The number of rotatable bonds is 4. The third-order valence-electron chi connectivity index (χ3n) is 1.97. The van der Waals surface area contributed by atoms with Crippen LogP contribution in [0.25, 0.3) is 0 Å². The molecule has 12 heavy (non-hydrogen) atoms. The molecule has 0 aliphatic heterocycles. The van der Waals surface area contributed by atoms with E-state index >= 15 is 0 Å². The maximum Gasteiger partial charge on any atom is 0.183 e. The summed E-state index contributed by atoms with van der Waals surface area (Å²) in [7, 11) is 2.07. The first-order valence-corrected chi connectivity index (χ1v) is 4.56. The van der Waals surface area contributed by atoms with Crippen molar-refractivity contribution in [1.82, 2.24) is 0 Å².